The van der Waals surface area contributed by atoms with Crippen molar-refractivity contribution in [3.05, 3.63) is 65.7 Å². The maximum Gasteiger partial charge on any atom is 0.255 e. The van der Waals surface area contributed by atoms with Gasteiger partial charge in [-0.1, -0.05) is 25.0 Å². The monoisotopic (exact) mass is 367 g/mol. The average Bonchev–Trinajstić information content (AvgIpc) is 3.04. The number of pyridine rings is 1. The van der Waals surface area contributed by atoms with Crippen LogP contribution in [-0.4, -0.2) is 32.7 Å². The van der Waals surface area contributed by atoms with Crippen LogP contribution in [0.5, 0.6) is 0 Å². The zero-order chi connectivity index (χ0) is 18.8. The third-order valence-corrected chi connectivity index (χ3v) is 5.19. The van der Waals surface area contributed by atoms with Crippen LogP contribution in [0.15, 0.2) is 48.8 Å². The number of hydrogen-bond donors (Lipinski definition) is 2. The Bertz CT molecular complexity index is 952. The van der Waals surface area contributed by atoms with Crippen LogP contribution in [0.1, 0.15) is 41.6 Å². The second-order valence-electron chi connectivity index (χ2n) is 7.10. The molecule has 1 aliphatic carbocycles. The summed E-state index contributed by atoms with van der Waals surface area (Å²) in [6, 6.07) is 9.85. The first-order valence-electron chi connectivity index (χ1n) is 9.29. The van der Waals surface area contributed by atoms with Crippen LogP contribution < -0.4 is 5.32 Å². The fraction of sp³-hybridized carbons (Fsp3) is 0.333. The summed E-state index contributed by atoms with van der Waals surface area (Å²) in [6.07, 6.45) is 6.45. The minimum Gasteiger partial charge on any atom is -0.391 e. The van der Waals surface area contributed by atoms with Crippen LogP contribution >= 0.6 is 0 Å². The number of rotatable bonds is 4. The van der Waals surface area contributed by atoms with Crippen molar-refractivity contribution in [1.82, 2.24) is 14.9 Å². The number of aliphatic hydroxyl groups excluding tert-OH is 1. The van der Waals surface area contributed by atoms with Crippen LogP contribution in [0, 0.1) is 5.82 Å². The highest BCUT2D eigenvalue weighted by Gasteiger charge is 2.26. The summed E-state index contributed by atoms with van der Waals surface area (Å²) in [6.45, 7) is 0.516. The van der Waals surface area contributed by atoms with Gasteiger partial charge in [-0.3, -0.25) is 9.78 Å². The molecule has 2 unspecified atom stereocenters. The summed E-state index contributed by atoms with van der Waals surface area (Å²) in [5, 5.41) is 13.1. The minimum atomic E-state index is -0.497. The summed E-state index contributed by atoms with van der Waals surface area (Å²) >= 11 is 0. The van der Waals surface area contributed by atoms with Crippen molar-refractivity contribution in [2.45, 2.75) is 44.4 Å². The van der Waals surface area contributed by atoms with E-state index in [0.717, 1.165) is 36.8 Å². The molecule has 2 aromatic heterocycles. The number of carbonyl (C=O) groups is 1. The van der Waals surface area contributed by atoms with E-state index in [0.29, 0.717) is 17.6 Å². The van der Waals surface area contributed by atoms with E-state index in [9.17, 15) is 14.3 Å². The standard InChI is InChI=1S/C21H22FN3O2/c22-15-9-7-14(8-10-15)12-25-13-16(20-18(25)5-3-11-23-20)21(27)24-17-4-1-2-6-19(17)26/h3,5,7-11,13,17,19,26H,1-2,4,6,12H2,(H,24,27). The minimum absolute atomic E-state index is 0.217. The van der Waals surface area contributed by atoms with E-state index in [4.69, 9.17) is 0 Å². The lowest BCUT2D eigenvalue weighted by atomic mass is 9.92. The number of halogens is 1. The van der Waals surface area contributed by atoms with Crippen molar-refractivity contribution in [2.24, 2.45) is 0 Å². The summed E-state index contributed by atoms with van der Waals surface area (Å²) in [5.74, 6) is -0.494. The van der Waals surface area contributed by atoms with Crippen molar-refractivity contribution in [2.75, 3.05) is 0 Å². The maximum atomic E-state index is 13.2. The lowest BCUT2D eigenvalue weighted by molar-refractivity contribution is 0.0718. The molecule has 140 valence electrons. The van der Waals surface area contributed by atoms with Crippen LogP contribution in [0.25, 0.3) is 11.0 Å². The lowest BCUT2D eigenvalue weighted by Crippen LogP contribution is -2.45. The Morgan fingerprint density at radius 1 is 1.22 bits per heavy atom. The molecular formula is C21H22FN3O2. The van der Waals surface area contributed by atoms with Crippen molar-refractivity contribution in [3.8, 4) is 0 Å². The van der Waals surface area contributed by atoms with Crippen LogP contribution in [-0.2, 0) is 6.54 Å². The molecule has 1 aromatic carbocycles. The number of aromatic nitrogens is 2. The molecule has 6 heteroatoms. The molecule has 1 amide bonds. The van der Waals surface area contributed by atoms with Crippen LogP contribution in [0.2, 0.25) is 0 Å². The fourth-order valence-electron chi connectivity index (χ4n) is 3.73. The Balaban J connectivity index is 1.63. The van der Waals surface area contributed by atoms with Crippen molar-refractivity contribution >= 4 is 16.9 Å². The Kier molecular flexibility index (Phi) is 4.90. The molecule has 0 bridgehead atoms. The molecule has 1 fully saturated rings. The molecule has 0 aliphatic heterocycles. The normalized spacial score (nSPS) is 19.9. The SMILES string of the molecule is O=C(NC1CCCCC1O)c1cn(Cc2ccc(F)cc2)c2cccnc12. The van der Waals surface area contributed by atoms with Gasteiger partial charge in [0.2, 0.25) is 0 Å². The predicted octanol–water partition coefficient (Wildman–Crippen LogP) is 3.26. The zero-order valence-electron chi connectivity index (χ0n) is 14.9. The molecule has 2 heterocycles. The molecule has 1 aliphatic rings. The number of amides is 1. The molecule has 0 saturated heterocycles. The summed E-state index contributed by atoms with van der Waals surface area (Å²) < 4.78 is 15.1. The topological polar surface area (TPSA) is 67.2 Å². The molecule has 1 saturated carbocycles. The van der Waals surface area contributed by atoms with Gasteiger partial charge in [-0.2, -0.15) is 0 Å². The number of hydrogen-bond acceptors (Lipinski definition) is 3. The van der Waals surface area contributed by atoms with Gasteiger partial charge in [-0.25, -0.2) is 4.39 Å². The highest BCUT2D eigenvalue weighted by atomic mass is 19.1. The molecule has 4 rings (SSSR count). The molecule has 3 aromatic rings. The van der Waals surface area contributed by atoms with Gasteiger partial charge in [0.05, 0.1) is 23.2 Å². The van der Waals surface area contributed by atoms with Gasteiger partial charge < -0.3 is 15.0 Å². The third-order valence-electron chi connectivity index (χ3n) is 5.19. The van der Waals surface area contributed by atoms with Crippen molar-refractivity contribution in [1.29, 1.82) is 0 Å². The van der Waals surface area contributed by atoms with E-state index >= 15 is 0 Å². The van der Waals surface area contributed by atoms with E-state index in [1.807, 2.05) is 16.7 Å². The number of carbonyl (C=O) groups excluding carboxylic acids is 1. The van der Waals surface area contributed by atoms with Gasteiger partial charge in [0.25, 0.3) is 5.91 Å². The molecule has 2 atom stereocenters. The number of aliphatic hydroxyl groups is 1. The number of benzene rings is 1. The Hall–Kier alpha value is -2.73. The van der Waals surface area contributed by atoms with Gasteiger partial charge in [-0.05, 0) is 42.7 Å². The van der Waals surface area contributed by atoms with Crippen molar-refractivity contribution < 1.29 is 14.3 Å². The van der Waals surface area contributed by atoms with Crippen LogP contribution in [0.3, 0.4) is 0 Å². The fourth-order valence-corrected chi connectivity index (χ4v) is 3.73. The Labute approximate surface area is 156 Å². The Morgan fingerprint density at radius 2 is 2.00 bits per heavy atom. The summed E-state index contributed by atoms with van der Waals surface area (Å²) in [7, 11) is 0. The molecule has 2 N–H and O–H groups in total. The quantitative estimate of drug-likeness (QED) is 0.744. The second kappa shape index (κ2) is 7.48. The van der Waals surface area contributed by atoms with Gasteiger partial charge in [0.15, 0.2) is 0 Å². The predicted molar refractivity (Wildman–Crippen MR) is 101 cm³/mol. The van der Waals surface area contributed by atoms with E-state index in [1.165, 1.54) is 12.1 Å². The first-order valence-corrected chi connectivity index (χ1v) is 9.29. The van der Waals surface area contributed by atoms with E-state index < -0.39 is 6.10 Å². The molecule has 27 heavy (non-hydrogen) atoms. The van der Waals surface area contributed by atoms with E-state index in [2.05, 4.69) is 10.3 Å². The second-order valence-corrected chi connectivity index (χ2v) is 7.10. The highest BCUT2D eigenvalue weighted by Crippen LogP contribution is 2.23. The molecular weight excluding hydrogens is 345 g/mol. The van der Waals surface area contributed by atoms with Gasteiger partial charge in [0, 0.05) is 18.9 Å². The molecule has 5 nitrogen and oxygen atoms in total. The molecule has 0 spiro atoms. The summed E-state index contributed by atoms with van der Waals surface area (Å²) in [5.41, 5.74) is 2.90. The van der Waals surface area contributed by atoms with E-state index in [1.54, 1.807) is 24.5 Å². The van der Waals surface area contributed by atoms with Crippen molar-refractivity contribution in [3.63, 3.8) is 0 Å². The summed E-state index contributed by atoms with van der Waals surface area (Å²) in [4.78, 5) is 17.2. The first-order chi connectivity index (χ1) is 13.1. The average molecular weight is 367 g/mol. The lowest BCUT2D eigenvalue weighted by Gasteiger charge is -2.28. The third kappa shape index (κ3) is 3.71. The van der Waals surface area contributed by atoms with E-state index in [-0.39, 0.29) is 17.8 Å². The first kappa shape index (κ1) is 17.7. The number of nitrogens with zero attached hydrogens (tertiary/aromatic N) is 2. The smallest absolute Gasteiger partial charge is 0.255 e. The highest BCUT2D eigenvalue weighted by molar-refractivity contribution is 6.05. The number of nitrogens with one attached hydrogen (secondary N) is 1. The van der Waals surface area contributed by atoms with Gasteiger partial charge in [-0.15, -0.1) is 0 Å². The largest absolute Gasteiger partial charge is 0.391 e. The van der Waals surface area contributed by atoms with Crippen LogP contribution in [0.4, 0.5) is 4.39 Å². The zero-order valence-corrected chi connectivity index (χ0v) is 14.9. The number of fused-ring (bicyclic) bond motifs is 1. The van der Waals surface area contributed by atoms with Gasteiger partial charge >= 0.3 is 0 Å². The maximum absolute atomic E-state index is 13.2. The molecule has 0 radical (unpaired) electrons. The Morgan fingerprint density at radius 3 is 2.78 bits per heavy atom. The van der Waals surface area contributed by atoms with Gasteiger partial charge in [0.1, 0.15) is 11.3 Å².